The summed E-state index contributed by atoms with van der Waals surface area (Å²) in [7, 11) is 0. The molecular formula is C10H16O. The minimum atomic E-state index is 0.703. The maximum absolute atomic E-state index is 5.57. The fourth-order valence-corrected chi connectivity index (χ4v) is 3.10. The van der Waals surface area contributed by atoms with E-state index >= 15 is 0 Å². The molecule has 2 aliphatic carbocycles. The van der Waals surface area contributed by atoms with Gasteiger partial charge in [-0.05, 0) is 24.7 Å². The summed E-state index contributed by atoms with van der Waals surface area (Å²) >= 11 is 0. The molecule has 62 valence electrons. The van der Waals surface area contributed by atoms with Crippen LogP contribution in [0.3, 0.4) is 0 Å². The Labute approximate surface area is 68.1 Å². The smallest absolute Gasteiger partial charge is 0.0844 e. The van der Waals surface area contributed by atoms with Gasteiger partial charge in [0.15, 0.2) is 0 Å². The molecule has 3 aliphatic rings. The summed E-state index contributed by atoms with van der Waals surface area (Å²) in [5.74, 6) is 2.10. The molecule has 0 aromatic carbocycles. The molecule has 0 bridgehead atoms. The largest absolute Gasteiger partial charge is 0.370 e. The van der Waals surface area contributed by atoms with Crippen LogP contribution in [0.15, 0.2) is 0 Å². The molecule has 0 aromatic heterocycles. The van der Waals surface area contributed by atoms with Crippen molar-refractivity contribution in [2.24, 2.45) is 11.8 Å². The van der Waals surface area contributed by atoms with Crippen molar-refractivity contribution in [3.05, 3.63) is 0 Å². The van der Waals surface area contributed by atoms with Crippen LogP contribution in [0, 0.1) is 11.8 Å². The van der Waals surface area contributed by atoms with Crippen LogP contribution in [0.2, 0.25) is 0 Å². The second-order valence-corrected chi connectivity index (χ2v) is 4.49. The Morgan fingerprint density at radius 2 is 1.36 bits per heavy atom. The second kappa shape index (κ2) is 2.22. The second-order valence-electron chi connectivity index (χ2n) is 4.49. The van der Waals surface area contributed by atoms with E-state index in [4.69, 9.17) is 4.74 Å². The van der Waals surface area contributed by atoms with E-state index in [1.54, 1.807) is 0 Å². The molecule has 0 radical (unpaired) electrons. The highest BCUT2D eigenvalue weighted by atomic mass is 16.6. The van der Waals surface area contributed by atoms with Crippen molar-refractivity contribution in [1.82, 2.24) is 0 Å². The lowest BCUT2D eigenvalue weighted by Gasteiger charge is -2.33. The number of hydrogen-bond acceptors (Lipinski definition) is 1. The van der Waals surface area contributed by atoms with Crippen LogP contribution in [0.25, 0.3) is 0 Å². The van der Waals surface area contributed by atoms with Crippen LogP contribution in [0.4, 0.5) is 0 Å². The molecule has 11 heavy (non-hydrogen) atoms. The summed E-state index contributed by atoms with van der Waals surface area (Å²) in [6, 6.07) is 0. The fraction of sp³-hybridized carbons (Fsp3) is 1.00. The van der Waals surface area contributed by atoms with Gasteiger partial charge in [-0.15, -0.1) is 0 Å². The number of rotatable bonds is 0. The van der Waals surface area contributed by atoms with Crippen LogP contribution in [0.1, 0.15) is 38.5 Å². The summed E-state index contributed by atoms with van der Waals surface area (Å²) in [6.07, 6.45) is 10.2. The van der Waals surface area contributed by atoms with Crippen molar-refractivity contribution < 1.29 is 4.74 Å². The van der Waals surface area contributed by atoms with Gasteiger partial charge in [-0.2, -0.15) is 0 Å². The van der Waals surface area contributed by atoms with Crippen LogP contribution >= 0.6 is 0 Å². The summed E-state index contributed by atoms with van der Waals surface area (Å²) in [4.78, 5) is 0. The van der Waals surface area contributed by atoms with E-state index in [1.807, 2.05) is 0 Å². The fourth-order valence-electron chi connectivity index (χ4n) is 3.10. The van der Waals surface area contributed by atoms with Gasteiger partial charge in [-0.25, -0.2) is 0 Å². The highest BCUT2D eigenvalue weighted by Gasteiger charge is 2.48. The number of epoxide rings is 1. The third-order valence-corrected chi connectivity index (χ3v) is 3.82. The molecule has 3 rings (SSSR count). The average molecular weight is 152 g/mol. The summed E-state index contributed by atoms with van der Waals surface area (Å²) in [6.45, 7) is 0. The lowest BCUT2D eigenvalue weighted by molar-refractivity contribution is 0.190. The van der Waals surface area contributed by atoms with Crippen molar-refractivity contribution in [3.63, 3.8) is 0 Å². The molecule has 1 heteroatoms. The zero-order chi connectivity index (χ0) is 7.26. The van der Waals surface area contributed by atoms with Gasteiger partial charge in [0.2, 0.25) is 0 Å². The first-order valence-corrected chi connectivity index (χ1v) is 5.09. The molecule has 1 nitrogen and oxygen atoms in total. The van der Waals surface area contributed by atoms with E-state index in [2.05, 4.69) is 0 Å². The van der Waals surface area contributed by atoms with Crippen LogP contribution in [0.5, 0.6) is 0 Å². The van der Waals surface area contributed by atoms with Crippen LogP contribution < -0.4 is 0 Å². The summed E-state index contributed by atoms with van der Waals surface area (Å²) in [5, 5.41) is 0. The maximum atomic E-state index is 5.57. The van der Waals surface area contributed by atoms with Gasteiger partial charge in [0, 0.05) is 0 Å². The molecule has 0 spiro atoms. The third-order valence-electron chi connectivity index (χ3n) is 3.82. The quantitative estimate of drug-likeness (QED) is 0.485. The number of fused-ring (bicyclic) bond motifs is 2. The molecule has 2 saturated carbocycles. The highest BCUT2D eigenvalue weighted by molar-refractivity contribution is 4.96. The minimum absolute atomic E-state index is 0.703. The van der Waals surface area contributed by atoms with Gasteiger partial charge < -0.3 is 4.74 Å². The molecule has 4 atom stereocenters. The first-order chi connectivity index (χ1) is 5.43. The molecular weight excluding hydrogens is 136 g/mol. The normalized spacial score (nSPS) is 54.5. The van der Waals surface area contributed by atoms with Gasteiger partial charge >= 0.3 is 0 Å². The Kier molecular flexibility index (Phi) is 1.31. The van der Waals surface area contributed by atoms with Crippen molar-refractivity contribution in [2.75, 3.05) is 0 Å². The van der Waals surface area contributed by atoms with Gasteiger partial charge in [0.25, 0.3) is 0 Å². The first-order valence-electron chi connectivity index (χ1n) is 5.09. The van der Waals surface area contributed by atoms with Crippen LogP contribution in [-0.4, -0.2) is 12.2 Å². The Hall–Kier alpha value is -0.0400. The standard InChI is InChI=1S/C10H16O/c1-2-4-8-6-10-9(11-10)5-7(8)3-1/h7-10H,1-6H2/t7-,8-,9+,10+/m1/s1. The molecule has 1 aliphatic heterocycles. The molecule has 0 aromatic rings. The van der Waals surface area contributed by atoms with Gasteiger partial charge in [0.1, 0.15) is 0 Å². The zero-order valence-corrected chi connectivity index (χ0v) is 6.96. The van der Waals surface area contributed by atoms with Crippen molar-refractivity contribution >= 4 is 0 Å². The van der Waals surface area contributed by atoms with E-state index in [0.29, 0.717) is 12.2 Å². The van der Waals surface area contributed by atoms with Crippen molar-refractivity contribution in [2.45, 2.75) is 50.7 Å². The van der Waals surface area contributed by atoms with E-state index in [-0.39, 0.29) is 0 Å². The number of hydrogen-bond donors (Lipinski definition) is 0. The van der Waals surface area contributed by atoms with E-state index < -0.39 is 0 Å². The Morgan fingerprint density at radius 1 is 0.818 bits per heavy atom. The Balaban J connectivity index is 1.73. The number of ether oxygens (including phenoxy) is 1. The average Bonchev–Trinajstić information content (AvgIpc) is 2.77. The van der Waals surface area contributed by atoms with E-state index in [0.717, 1.165) is 11.8 Å². The van der Waals surface area contributed by atoms with Gasteiger partial charge in [-0.3, -0.25) is 0 Å². The van der Waals surface area contributed by atoms with E-state index in [1.165, 1.54) is 38.5 Å². The molecule has 0 N–H and O–H groups in total. The molecule has 1 saturated heterocycles. The predicted octanol–water partition coefficient (Wildman–Crippen LogP) is 2.35. The zero-order valence-electron chi connectivity index (χ0n) is 6.96. The van der Waals surface area contributed by atoms with Crippen molar-refractivity contribution in [1.29, 1.82) is 0 Å². The maximum Gasteiger partial charge on any atom is 0.0844 e. The van der Waals surface area contributed by atoms with E-state index in [9.17, 15) is 0 Å². The highest BCUT2D eigenvalue weighted by Crippen LogP contribution is 2.48. The molecule has 0 unspecified atom stereocenters. The SMILES string of the molecule is C1CC[C@@H]2C[C@@H]3O[C@H]3C[C@H]2C1. The topological polar surface area (TPSA) is 12.5 Å². The third kappa shape index (κ3) is 1.01. The summed E-state index contributed by atoms with van der Waals surface area (Å²) in [5.41, 5.74) is 0. The Bertz CT molecular complexity index is 148. The van der Waals surface area contributed by atoms with Gasteiger partial charge in [-0.1, -0.05) is 25.7 Å². The predicted molar refractivity (Wildman–Crippen MR) is 43.3 cm³/mol. The molecule has 3 fully saturated rings. The first kappa shape index (κ1) is 6.47. The molecule has 0 amide bonds. The lowest BCUT2D eigenvalue weighted by Crippen LogP contribution is -2.27. The lowest BCUT2D eigenvalue weighted by atomic mass is 9.71. The minimum Gasteiger partial charge on any atom is -0.370 e. The Morgan fingerprint density at radius 3 is 1.91 bits per heavy atom. The summed E-state index contributed by atoms with van der Waals surface area (Å²) < 4.78 is 5.57. The monoisotopic (exact) mass is 152 g/mol. The molecule has 1 heterocycles. The van der Waals surface area contributed by atoms with Crippen LogP contribution in [-0.2, 0) is 4.74 Å². The van der Waals surface area contributed by atoms with Crippen molar-refractivity contribution in [3.8, 4) is 0 Å². The van der Waals surface area contributed by atoms with Gasteiger partial charge in [0.05, 0.1) is 12.2 Å².